The van der Waals surface area contributed by atoms with E-state index in [4.69, 9.17) is 15.5 Å². The number of pyridine rings is 1. The average Bonchev–Trinajstić information content (AvgIpc) is 2.83. The van der Waals surface area contributed by atoms with E-state index in [1.807, 2.05) is 44.2 Å². The summed E-state index contributed by atoms with van der Waals surface area (Å²) in [5.74, 6) is -1.69. The van der Waals surface area contributed by atoms with Crippen molar-refractivity contribution >= 4 is 34.4 Å². The van der Waals surface area contributed by atoms with Gasteiger partial charge in [-0.25, -0.2) is 9.78 Å². The molecule has 2 amide bonds. The molecule has 0 aliphatic carbocycles. The van der Waals surface area contributed by atoms with Gasteiger partial charge in [0.25, 0.3) is 5.91 Å². The van der Waals surface area contributed by atoms with Gasteiger partial charge in [-0.15, -0.1) is 0 Å². The van der Waals surface area contributed by atoms with E-state index in [0.29, 0.717) is 33.4 Å². The van der Waals surface area contributed by atoms with Crippen LogP contribution in [0, 0.1) is 13.8 Å². The number of carbonyl (C=O) groups is 3. The van der Waals surface area contributed by atoms with Crippen LogP contribution in [0.15, 0.2) is 72.8 Å². The first-order valence-electron chi connectivity index (χ1n) is 11.1. The number of anilines is 1. The molecule has 0 saturated carbocycles. The Labute approximate surface area is 202 Å². The molecule has 3 aromatic carbocycles. The second-order valence-electron chi connectivity index (χ2n) is 8.37. The van der Waals surface area contributed by atoms with Crippen molar-refractivity contribution in [2.24, 2.45) is 5.73 Å². The maximum atomic E-state index is 13.2. The van der Waals surface area contributed by atoms with E-state index in [2.05, 4.69) is 11.4 Å². The van der Waals surface area contributed by atoms with Gasteiger partial charge >= 0.3 is 5.97 Å². The SMILES string of the molecule is Cc1ccc(-c2cc(C(=O)O[C@@H](C)C(=O)Nc3ccc(C(N)=O)cc3)c3ccccc3n2)c(C)c1. The lowest BCUT2D eigenvalue weighted by atomic mass is 9.99. The third-order valence-electron chi connectivity index (χ3n) is 5.68. The largest absolute Gasteiger partial charge is 0.449 e. The molecule has 0 bridgehead atoms. The Bertz CT molecular complexity index is 1440. The molecule has 7 heteroatoms. The number of hydrogen-bond acceptors (Lipinski definition) is 5. The van der Waals surface area contributed by atoms with Crippen LogP contribution in [-0.4, -0.2) is 28.9 Å². The summed E-state index contributed by atoms with van der Waals surface area (Å²) < 4.78 is 5.53. The standard InChI is InChI=1S/C28H25N3O4/c1-16-8-13-21(17(2)14-16)25-15-23(22-6-4-5-7-24(22)31-25)28(34)35-18(3)27(33)30-20-11-9-19(10-12-20)26(29)32/h4-15,18H,1-3H3,(H2,29,32)(H,30,33)/t18-/m0/s1. The lowest BCUT2D eigenvalue weighted by molar-refractivity contribution is -0.123. The van der Waals surface area contributed by atoms with Crippen LogP contribution in [0.2, 0.25) is 0 Å². The van der Waals surface area contributed by atoms with Crippen LogP contribution in [0.5, 0.6) is 0 Å². The molecule has 1 aromatic heterocycles. The van der Waals surface area contributed by atoms with Gasteiger partial charge in [0, 0.05) is 22.2 Å². The number of hydrogen-bond donors (Lipinski definition) is 2. The maximum absolute atomic E-state index is 13.2. The number of rotatable bonds is 6. The highest BCUT2D eigenvalue weighted by Crippen LogP contribution is 2.28. The molecule has 1 heterocycles. The second kappa shape index (κ2) is 9.77. The fourth-order valence-corrected chi connectivity index (χ4v) is 3.82. The second-order valence-corrected chi connectivity index (χ2v) is 8.37. The summed E-state index contributed by atoms with van der Waals surface area (Å²) in [6, 6.07) is 21.2. The molecule has 3 N–H and O–H groups in total. The Kier molecular flexibility index (Phi) is 6.59. The highest BCUT2D eigenvalue weighted by molar-refractivity contribution is 6.06. The molecule has 0 saturated heterocycles. The van der Waals surface area contributed by atoms with E-state index < -0.39 is 23.9 Å². The van der Waals surface area contributed by atoms with Gasteiger partial charge in [0.15, 0.2) is 6.10 Å². The van der Waals surface area contributed by atoms with Gasteiger partial charge in [-0.05, 0) is 62.7 Å². The number of esters is 1. The Morgan fingerprint density at radius 1 is 0.943 bits per heavy atom. The number of primary amides is 1. The van der Waals surface area contributed by atoms with Crippen LogP contribution >= 0.6 is 0 Å². The van der Waals surface area contributed by atoms with Crippen LogP contribution in [0.25, 0.3) is 22.2 Å². The number of nitrogens with one attached hydrogen (secondary N) is 1. The lowest BCUT2D eigenvalue weighted by Gasteiger charge is -2.16. The van der Waals surface area contributed by atoms with Gasteiger partial charge in [0.05, 0.1) is 16.8 Å². The average molecular weight is 468 g/mol. The quantitative estimate of drug-likeness (QED) is 0.396. The highest BCUT2D eigenvalue weighted by atomic mass is 16.5. The van der Waals surface area contributed by atoms with E-state index in [1.54, 1.807) is 24.3 Å². The Balaban J connectivity index is 1.59. The van der Waals surface area contributed by atoms with Gasteiger partial charge in [-0.2, -0.15) is 0 Å². The third-order valence-corrected chi connectivity index (χ3v) is 5.68. The zero-order chi connectivity index (χ0) is 25.1. The fraction of sp³-hybridized carbons (Fsp3) is 0.143. The molecule has 0 radical (unpaired) electrons. The molecule has 4 rings (SSSR count). The molecule has 0 unspecified atom stereocenters. The predicted molar refractivity (Wildman–Crippen MR) is 135 cm³/mol. The Morgan fingerprint density at radius 3 is 2.34 bits per heavy atom. The Morgan fingerprint density at radius 2 is 1.66 bits per heavy atom. The van der Waals surface area contributed by atoms with Crippen LogP contribution in [0.4, 0.5) is 5.69 Å². The first-order valence-corrected chi connectivity index (χ1v) is 11.1. The Hall–Kier alpha value is -4.52. The summed E-state index contributed by atoms with van der Waals surface area (Å²) in [6.45, 7) is 5.52. The molecule has 7 nitrogen and oxygen atoms in total. The lowest BCUT2D eigenvalue weighted by Crippen LogP contribution is -2.30. The van der Waals surface area contributed by atoms with Gasteiger partial charge < -0.3 is 15.8 Å². The van der Waals surface area contributed by atoms with Crippen LogP contribution in [0.1, 0.15) is 38.8 Å². The van der Waals surface area contributed by atoms with Crippen molar-refractivity contribution in [1.82, 2.24) is 4.98 Å². The number of ether oxygens (including phenoxy) is 1. The number of aromatic nitrogens is 1. The maximum Gasteiger partial charge on any atom is 0.339 e. The smallest absolute Gasteiger partial charge is 0.339 e. The van der Waals surface area contributed by atoms with Gasteiger partial charge in [-0.3, -0.25) is 9.59 Å². The zero-order valence-electron chi connectivity index (χ0n) is 19.7. The molecule has 176 valence electrons. The van der Waals surface area contributed by atoms with Gasteiger partial charge in [0.2, 0.25) is 5.91 Å². The van der Waals surface area contributed by atoms with Crippen LogP contribution < -0.4 is 11.1 Å². The molecule has 0 spiro atoms. The highest BCUT2D eigenvalue weighted by Gasteiger charge is 2.22. The summed E-state index contributed by atoms with van der Waals surface area (Å²) in [6.07, 6.45) is -1.06. The number of fused-ring (bicyclic) bond motifs is 1. The zero-order valence-corrected chi connectivity index (χ0v) is 19.7. The molecular formula is C28H25N3O4. The first kappa shape index (κ1) is 23.6. The number of carbonyl (C=O) groups excluding carboxylic acids is 3. The minimum atomic E-state index is -1.06. The van der Waals surface area contributed by atoms with Crippen molar-refractivity contribution in [2.45, 2.75) is 26.9 Å². The summed E-state index contributed by atoms with van der Waals surface area (Å²) in [5, 5.41) is 3.31. The minimum Gasteiger partial charge on any atom is -0.449 e. The van der Waals surface area contributed by atoms with Gasteiger partial charge in [-0.1, -0.05) is 42.0 Å². The molecule has 4 aromatic rings. The van der Waals surface area contributed by atoms with Crippen molar-refractivity contribution in [1.29, 1.82) is 0 Å². The molecule has 0 fully saturated rings. The van der Waals surface area contributed by atoms with E-state index in [-0.39, 0.29) is 0 Å². The summed E-state index contributed by atoms with van der Waals surface area (Å²) >= 11 is 0. The number of para-hydroxylation sites is 1. The van der Waals surface area contributed by atoms with Crippen molar-refractivity contribution in [3.8, 4) is 11.3 Å². The number of nitrogens with two attached hydrogens (primary N) is 1. The molecule has 1 atom stereocenters. The molecule has 0 aliphatic heterocycles. The monoisotopic (exact) mass is 467 g/mol. The van der Waals surface area contributed by atoms with E-state index in [0.717, 1.165) is 16.7 Å². The third kappa shape index (κ3) is 5.19. The van der Waals surface area contributed by atoms with Crippen LogP contribution in [0.3, 0.4) is 0 Å². The number of nitrogens with zero attached hydrogens (tertiary/aromatic N) is 1. The summed E-state index contributed by atoms with van der Waals surface area (Å²) in [7, 11) is 0. The molecular weight excluding hydrogens is 442 g/mol. The number of aryl methyl sites for hydroxylation is 2. The topological polar surface area (TPSA) is 111 Å². The van der Waals surface area contributed by atoms with Crippen molar-refractivity contribution in [2.75, 3.05) is 5.32 Å². The number of benzene rings is 3. The number of amides is 2. The molecule has 35 heavy (non-hydrogen) atoms. The van der Waals surface area contributed by atoms with E-state index in [1.165, 1.54) is 19.1 Å². The van der Waals surface area contributed by atoms with Crippen LogP contribution in [-0.2, 0) is 9.53 Å². The molecule has 0 aliphatic rings. The van der Waals surface area contributed by atoms with Crippen molar-refractivity contribution < 1.29 is 19.1 Å². The summed E-state index contributed by atoms with van der Waals surface area (Å²) in [4.78, 5) is 41.8. The van der Waals surface area contributed by atoms with E-state index >= 15 is 0 Å². The normalized spacial score (nSPS) is 11.6. The van der Waals surface area contributed by atoms with Gasteiger partial charge in [0.1, 0.15) is 0 Å². The summed E-state index contributed by atoms with van der Waals surface area (Å²) in [5.41, 5.74) is 10.8. The first-order chi connectivity index (χ1) is 16.7. The van der Waals surface area contributed by atoms with Crippen molar-refractivity contribution in [3.63, 3.8) is 0 Å². The van der Waals surface area contributed by atoms with Crippen molar-refractivity contribution in [3.05, 3.63) is 95.1 Å². The minimum absolute atomic E-state index is 0.326. The van der Waals surface area contributed by atoms with E-state index in [9.17, 15) is 14.4 Å². The fourth-order valence-electron chi connectivity index (χ4n) is 3.82. The predicted octanol–water partition coefficient (Wildman–Crippen LogP) is 4.80.